The molecule has 100 valence electrons. The zero-order valence-corrected chi connectivity index (χ0v) is 11.8. The van der Waals surface area contributed by atoms with Gasteiger partial charge in [-0.15, -0.1) is 0 Å². The Morgan fingerprint density at radius 1 is 1.24 bits per heavy atom. The molecule has 0 spiro atoms. The van der Waals surface area contributed by atoms with Gasteiger partial charge in [-0.05, 0) is 25.7 Å². The van der Waals surface area contributed by atoms with Crippen molar-refractivity contribution in [1.29, 1.82) is 0 Å². The summed E-state index contributed by atoms with van der Waals surface area (Å²) in [6.07, 6.45) is 8.45. The second-order valence-corrected chi connectivity index (χ2v) is 5.51. The number of ketones is 1. The maximum atomic E-state index is 12.5. The zero-order chi connectivity index (χ0) is 12.7. The molecule has 0 aromatic heterocycles. The van der Waals surface area contributed by atoms with Gasteiger partial charge in [-0.2, -0.15) is 0 Å². The molecule has 2 heteroatoms. The zero-order valence-electron chi connectivity index (χ0n) is 11.8. The number of hydrogen-bond donors (Lipinski definition) is 0. The highest BCUT2D eigenvalue weighted by molar-refractivity contribution is 5.87. The summed E-state index contributed by atoms with van der Waals surface area (Å²) in [4.78, 5) is 12.5. The molecule has 0 aliphatic heterocycles. The van der Waals surface area contributed by atoms with Crippen molar-refractivity contribution in [3.63, 3.8) is 0 Å². The number of hydrogen-bond acceptors (Lipinski definition) is 2. The average Bonchev–Trinajstić information content (AvgIpc) is 2.30. The van der Waals surface area contributed by atoms with Gasteiger partial charge < -0.3 is 4.74 Å². The van der Waals surface area contributed by atoms with Crippen molar-refractivity contribution in [2.45, 2.75) is 77.7 Å². The molecule has 1 atom stereocenters. The third kappa shape index (κ3) is 4.09. The van der Waals surface area contributed by atoms with Crippen molar-refractivity contribution in [3.05, 3.63) is 0 Å². The van der Waals surface area contributed by atoms with Crippen LogP contribution in [0.2, 0.25) is 0 Å². The van der Waals surface area contributed by atoms with Gasteiger partial charge in [0.2, 0.25) is 0 Å². The standard InChI is InChI=1S/C15H28O2/c1-4-9-13(3)12-14(16)15(17-5-2)10-7-6-8-11-15/h13H,4-12H2,1-3H3. The van der Waals surface area contributed by atoms with Gasteiger partial charge in [0.1, 0.15) is 5.60 Å². The van der Waals surface area contributed by atoms with E-state index in [2.05, 4.69) is 13.8 Å². The molecule has 2 nitrogen and oxygen atoms in total. The van der Waals surface area contributed by atoms with Gasteiger partial charge in [0.15, 0.2) is 5.78 Å². The molecule has 0 amide bonds. The fourth-order valence-electron chi connectivity index (χ4n) is 3.00. The first kappa shape index (κ1) is 14.7. The lowest BCUT2D eigenvalue weighted by molar-refractivity contribution is -0.150. The van der Waals surface area contributed by atoms with Crippen molar-refractivity contribution in [2.75, 3.05) is 6.61 Å². The second-order valence-electron chi connectivity index (χ2n) is 5.51. The summed E-state index contributed by atoms with van der Waals surface area (Å²) in [7, 11) is 0. The predicted octanol–water partition coefficient (Wildman–Crippen LogP) is 4.12. The van der Waals surface area contributed by atoms with Crippen LogP contribution in [0.3, 0.4) is 0 Å². The Labute approximate surface area is 106 Å². The Kier molecular flexibility index (Phi) is 6.18. The Bertz CT molecular complexity index is 224. The molecule has 0 N–H and O–H groups in total. The van der Waals surface area contributed by atoms with Gasteiger partial charge in [0.05, 0.1) is 0 Å². The summed E-state index contributed by atoms with van der Waals surface area (Å²) >= 11 is 0. The minimum absolute atomic E-state index is 0.361. The van der Waals surface area contributed by atoms with Crippen LogP contribution in [-0.2, 0) is 9.53 Å². The Morgan fingerprint density at radius 3 is 2.41 bits per heavy atom. The van der Waals surface area contributed by atoms with Crippen LogP contribution in [-0.4, -0.2) is 18.0 Å². The van der Waals surface area contributed by atoms with E-state index in [1.165, 1.54) is 6.42 Å². The van der Waals surface area contributed by atoms with Gasteiger partial charge in [-0.3, -0.25) is 4.79 Å². The van der Waals surface area contributed by atoms with Gasteiger partial charge in [-0.1, -0.05) is 46.0 Å². The topological polar surface area (TPSA) is 26.3 Å². The van der Waals surface area contributed by atoms with Crippen LogP contribution in [0.1, 0.15) is 72.1 Å². The maximum Gasteiger partial charge on any atom is 0.164 e. The van der Waals surface area contributed by atoms with Gasteiger partial charge >= 0.3 is 0 Å². The van der Waals surface area contributed by atoms with E-state index in [1.807, 2.05) is 6.92 Å². The first-order chi connectivity index (χ1) is 8.14. The normalized spacial score (nSPS) is 21.1. The van der Waals surface area contributed by atoms with Crippen molar-refractivity contribution in [2.24, 2.45) is 5.92 Å². The Balaban J connectivity index is 2.59. The number of ether oxygens (including phenoxy) is 1. The highest BCUT2D eigenvalue weighted by atomic mass is 16.5. The van der Waals surface area contributed by atoms with Crippen molar-refractivity contribution in [3.8, 4) is 0 Å². The molecule has 1 unspecified atom stereocenters. The smallest absolute Gasteiger partial charge is 0.164 e. The lowest BCUT2D eigenvalue weighted by atomic mass is 9.78. The van der Waals surface area contributed by atoms with E-state index in [1.54, 1.807) is 0 Å². The molecule has 0 saturated heterocycles. The number of rotatable bonds is 7. The molecule has 0 heterocycles. The fraction of sp³-hybridized carbons (Fsp3) is 0.933. The quantitative estimate of drug-likeness (QED) is 0.669. The van der Waals surface area contributed by atoms with Crippen LogP contribution in [0.25, 0.3) is 0 Å². The molecule has 1 fully saturated rings. The van der Waals surface area contributed by atoms with E-state index in [4.69, 9.17) is 4.74 Å². The van der Waals surface area contributed by atoms with Crippen molar-refractivity contribution < 1.29 is 9.53 Å². The SMILES string of the molecule is CCCC(C)CC(=O)C1(OCC)CCCCC1. The van der Waals surface area contributed by atoms with Gasteiger partial charge in [-0.25, -0.2) is 0 Å². The molecule has 1 rings (SSSR count). The van der Waals surface area contributed by atoms with Gasteiger partial charge in [0, 0.05) is 13.0 Å². The van der Waals surface area contributed by atoms with Gasteiger partial charge in [0.25, 0.3) is 0 Å². The third-order valence-electron chi connectivity index (χ3n) is 3.91. The highest BCUT2D eigenvalue weighted by Crippen LogP contribution is 2.34. The summed E-state index contributed by atoms with van der Waals surface area (Å²) in [5.74, 6) is 0.867. The summed E-state index contributed by atoms with van der Waals surface area (Å²) in [6.45, 7) is 7.02. The predicted molar refractivity (Wildman–Crippen MR) is 71.1 cm³/mol. The molecular formula is C15H28O2. The van der Waals surface area contributed by atoms with Crippen LogP contribution >= 0.6 is 0 Å². The molecular weight excluding hydrogens is 212 g/mol. The highest BCUT2D eigenvalue weighted by Gasteiger charge is 2.39. The second kappa shape index (κ2) is 7.15. The van der Waals surface area contributed by atoms with Crippen molar-refractivity contribution in [1.82, 2.24) is 0 Å². The van der Waals surface area contributed by atoms with Crippen LogP contribution < -0.4 is 0 Å². The van der Waals surface area contributed by atoms with Crippen LogP contribution in [0.15, 0.2) is 0 Å². The lowest BCUT2D eigenvalue weighted by Gasteiger charge is -2.36. The van der Waals surface area contributed by atoms with E-state index in [0.29, 0.717) is 24.7 Å². The number of carbonyl (C=O) groups excluding carboxylic acids is 1. The maximum absolute atomic E-state index is 12.5. The van der Waals surface area contributed by atoms with E-state index in [0.717, 1.165) is 38.5 Å². The molecule has 1 saturated carbocycles. The summed E-state index contributed by atoms with van der Waals surface area (Å²) in [6, 6.07) is 0. The van der Waals surface area contributed by atoms with E-state index >= 15 is 0 Å². The van der Waals surface area contributed by atoms with Crippen LogP contribution in [0, 0.1) is 5.92 Å². The molecule has 0 bridgehead atoms. The van der Waals surface area contributed by atoms with E-state index < -0.39 is 5.60 Å². The summed E-state index contributed by atoms with van der Waals surface area (Å²) < 4.78 is 5.86. The Hall–Kier alpha value is -0.370. The third-order valence-corrected chi connectivity index (χ3v) is 3.91. The largest absolute Gasteiger partial charge is 0.368 e. The van der Waals surface area contributed by atoms with E-state index in [-0.39, 0.29) is 0 Å². The molecule has 1 aliphatic rings. The average molecular weight is 240 g/mol. The monoisotopic (exact) mass is 240 g/mol. The van der Waals surface area contributed by atoms with Crippen LogP contribution in [0.4, 0.5) is 0 Å². The molecule has 0 radical (unpaired) electrons. The molecule has 0 aromatic carbocycles. The first-order valence-electron chi connectivity index (χ1n) is 7.32. The number of carbonyl (C=O) groups is 1. The van der Waals surface area contributed by atoms with Crippen LogP contribution in [0.5, 0.6) is 0 Å². The Morgan fingerprint density at radius 2 is 1.88 bits per heavy atom. The minimum atomic E-state index is -0.422. The molecule has 17 heavy (non-hydrogen) atoms. The van der Waals surface area contributed by atoms with Crippen molar-refractivity contribution >= 4 is 5.78 Å². The lowest BCUT2D eigenvalue weighted by Crippen LogP contribution is -2.44. The summed E-state index contributed by atoms with van der Waals surface area (Å²) in [5.41, 5.74) is -0.422. The molecule has 1 aliphatic carbocycles. The summed E-state index contributed by atoms with van der Waals surface area (Å²) in [5, 5.41) is 0. The first-order valence-corrected chi connectivity index (χ1v) is 7.32. The number of Topliss-reactive ketones (excluding diaryl/α,β-unsaturated/α-hetero) is 1. The fourth-order valence-corrected chi connectivity index (χ4v) is 3.00. The van der Waals surface area contributed by atoms with E-state index in [9.17, 15) is 4.79 Å². The minimum Gasteiger partial charge on any atom is -0.368 e. The molecule has 0 aromatic rings.